The number of benzene rings is 1. The number of carbonyl (C=O) groups excluding carboxylic acids is 1. The third-order valence-corrected chi connectivity index (χ3v) is 4.38. The van der Waals surface area contributed by atoms with Gasteiger partial charge in [0.05, 0.1) is 12.1 Å². The van der Waals surface area contributed by atoms with Crippen LogP contribution in [0.15, 0.2) is 42.7 Å². The predicted octanol–water partition coefficient (Wildman–Crippen LogP) is 2.08. The number of nitrogens with two attached hydrogens (primary N) is 1. The van der Waals surface area contributed by atoms with Crippen molar-refractivity contribution in [2.75, 3.05) is 6.54 Å². The van der Waals surface area contributed by atoms with Gasteiger partial charge in [-0.05, 0) is 49.1 Å². The number of halogens is 1. The Morgan fingerprint density at radius 3 is 2.74 bits per heavy atom. The third kappa shape index (κ3) is 4.33. The third-order valence-electron chi connectivity index (χ3n) is 4.38. The number of rotatable bonds is 5. The SMILES string of the molecule is Cl.NCC1CCCC1NC(=O)Cc1ccc(-n2cccn2)cc1. The summed E-state index contributed by atoms with van der Waals surface area (Å²) in [4.78, 5) is 12.2. The van der Waals surface area contributed by atoms with E-state index in [4.69, 9.17) is 5.73 Å². The predicted molar refractivity (Wildman–Crippen MR) is 92.8 cm³/mol. The summed E-state index contributed by atoms with van der Waals surface area (Å²) in [5, 5.41) is 7.32. The molecule has 1 aromatic heterocycles. The Morgan fingerprint density at radius 1 is 1.30 bits per heavy atom. The zero-order valence-electron chi connectivity index (χ0n) is 13.0. The van der Waals surface area contributed by atoms with E-state index < -0.39 is 0 Å². The lowest BCUT2D eigenvalue weighted by molar-refractivity contribution is -0.121. The van der Waals surface area contributed by atoms with Gasteiger partial charge in [0.1, 0.15) is 0 Å². The molecule has 3 rings (SSSR count). The van der Waals surface area contributed by atoms with Crippen LogP contribution >= 0.6 is 12.4 Å². The lowest BCUT2D eigenvalue weighted by Crippen LogP contribution is -2.40. The Balaban J connectivity index is 0.00000192. The molecule has 1 heterocycles. The fraction of sp³-hybridized carbons (Fsp3) is 0.412. The molecule has 0 aliphatic heterocycles. The second-order valence-corrected chi connectivity index (χ2v) is 5.89. The van der Waals surface area contributed by atoms with Gasteiger partial charge in [0, 0.05) is 18.4 Å². The van der Waals surface area contributed by atoms with Gasteiger partial charge >= 0.3 is 0 Å². The van der Waals surface area contributed by atoms with E-state index in [0.717, 1.165) is 30.5 Å². The molecule has 1 amide bonds. The highest BCUT2D eigenvalue weighted by molar-refractivity contribution is 5.85. The van der Waals surface area contributed by atoms with Crippen LogP contribution < -0.4 is 11.1 Å². The first-order valence-corrected chi connectivity index (χ1v) is 7.84. The van der Waals surface area contributed by atoms with Gasteiger partial charge < -0.3 is 11.1 Å². The van der Waals surface area contributed by atoms with E-state index in [2.05, 4.69) is 10.4 Å². The van der Waals surface area contributed by atoms with E-state index in [1.165, 1.54) is 0 Å². The summed E-state index contributed by atoms with van der Waals surface area (Å²) >= 11 is 0. The summed E-state index contributed by atoms with van der Waals surface area (Å²) in [5.74, 6) is 0.517. The topological polar surface area (TPSA) is 72.9 Å². The first-order valence-electron chi connectivity index (χ1n) is 7.84. The van der Waals surface area contributed by atoms with E-state index in [1.807, 2.05) is 36.5 Å². The smallest absolute Gasteiger partial charge is 0.224 e. The van der Waals surface area contributed by atoms with E-state index >= 15 is 0 Å². The van der Waals surface area contributed by atoms with Crippen LogP contribution in [0.4, 0.5) is 0 Å². The van der Waals surface area contributed by atoms with Gasteiger partial charge in [-0.25, -0.2) is 4.68 Å². The molecule has 6 heteroatoms. The summed E-state index contributed by atoms with van der Waals surface area (Å²) in [7, 11) is 0. The first kappa shape index (κ1) is 17.5. The maximum absolute atomic E-state index is 12.2. The maximum atomic E-state index is 12.2. The number of aromatic nitrogens is 2. The van der Waals surface area contributed by atoms with E-state index in [1.54, 1.807) is 10.9 Å². The molecule has 0 saturated heterocycles. The minimum absolute atomic E-state index is 0. The minimum Gasteiger partial charge on any atom is -0.353 e. The highest BCUT2D eigenvalue weighted by Crippen LogP contribution is 2.24. The van der Waals surface area contributed by atoms with Crippen molar-refractivity contribution in [1.29, 1.82) is 0 Å². The van der Waals surface area contributed by atoms with Crippen molar-refractivity contribution >= 4 is 18.3 Å². The van der Waals surface area contributed by atoms with Crippen LogP contribution in [0.5, 0.6) is 0 Å². The molecular weight excluding hydrogens is 312 g/mol. The summed E-state index contributed by atoms with van der Waals surface area (Å²) in [6, 6.07) is 10.1. The number of hydrogen-bond donors (Lipinski definition) is 2. The zero-order chi connectivity index (χ0) is 15.4. The summed E-state index contributed by atoms with van der Waals surface area (Å²) in [5.41, 5.74) is 7.76. The van der Waals surface area contributed by atoms with Gasteiger partial charge in [0.15, 0.2) is 0 Å². The molecule has 23 heavy (non-hydrogen) atoms. The number of carbonyl (C=O) groups is 1. The van der Waals surface area contributed by atoms with Crippen LogP contribution in [0.25, 0.3) is 5.69 Å². The lowest BCUT2D eigenvalue weighted by Gasteiger charge is -2.19. The van der Waals surface area contributed by atoms with Crippen LogP contribution in [-0.2, 0) is 11.2 Å². The largest absolute Gasteiger partial charge is 0.353 e. The molecule has 3 N–H and O–H groups in total. The van der Waals surface area contributed by atoms with Crippen LogP contribution in [-0.4, -0.2) is 28.3 Å². The quantitative estimate of drug-likeness (QED) is 0.879. The van der Waals surface area contributed by atoms with Crippen molar-refractivity contribution in [3.05, 3.63) is 48.3 Å². The number of hydrogen-bond acceptors (Lipinski definition) is 3. The van der Waals surface area contributed by atoms with E-state index in [-0.39, 0.29) is 24.4 Å². The summed E-state index contributed by atoms with van der Waals surface area (Å²) in [6.07, 6.45) is 7.38. The maximum Gasteiger partial charge on any atom is 0.224 e. The molecule has 2 atom stereocenters. The molecule has 1 fully saturated rings. The Morgan fingerprint density at radius 2 is 2.09 bits per heavy atom. The molecule has 0 radical (unpaired) electrons. The van der Waals surface area contributed by atoms with Crippen LogP contribution in [0, 0.1) is 5.92 Å². The van der Waals surface area contributed by atoms with E-state index in [0.29, 0.717) is 18.9 Å². The molecule has 1 aliphatic carbocycles. The van der Waals surface area contributed by atoms with Gasteiger partial charge in [-0.15, -0.1) is 12.4 Å². The molecule has 2 aromatic rings. The average molecular weight is 335 g/mol. The lowest BCUT2D eigenvalue weighted by atomic mass is 10.0. The summed E-state index contributed by atoms with van der Waals surface area (Å²) < 4.78 is 1.80. The highest BCUT2D eigenvalue weighted by atomic mass is 35.5. The number of nitrogens with zero attached hydrogens (tertiary/aromatic N) is 2. The zero-order valence-corrected chi connectivity index (χ0v) is 13.8. The molecule has 2 unspecified atom stereocenters. The second-order valence-electron chi connectivity index (χ2n) is 5.89. The van der Waals surface area contributed by atoms with Crippen molar-refractivity contribution in [2.24, 2.45) is 11.7 Å². The first-order chi connectivity index (χ1) is 10.8. The fourth-order valence-corrected chi connectivity index (χ4v) is 3.14. The molecule has 1 aliphatic rings. The van der Waals surface area contributed by atoms with Gasteiger partial charge in [-0.3, -0.25) is 4.79 Å². The number of nitrogens with one attached hydrogen (secondary N) is 1. The molecule has 1 saturated carbocycles. The number of amides is 1. The van der Waals surface area contributed by atoms with Crippen molar-refractivity contribution in [1.82, 2.24) is 15.1 Å². The van der Waals surface area contributed by atoms with E-state index in [9.17, 15) is 4.79 Å². The summed E-state index contributed by atoms with van der Waals surface area (Å²) in [6.45, 7) is 0.656. The highest BCUT2D eigenvalue weighted by Gasteiger charge is 2.27. The van der Waals surface area contributed by atoms with Crippen molar-refractivity contribution in [3.63, 3.8) is 0 Å². The van der Waals surface area contributed by atoms with Gasteiger partial charge in [-0.2, -0.15) is 5.10 Å². The van der Waals surface area contributed by atoms with Crippen LogP contribution in [0.2, 0.25) is 0 Å². The van der Waals surface area contributed by atoms with Gasteiger partial charge in [0.25, 0.3) is 0 Å². The van der Waals surface area contributed by atoms with Crippen molar-refractivity contribution < 1.29 is 4.79 Å². The second kappa shape index (κ2) is 8.13. The van der Waals surface area contributed by atoms with Crippen LogP contribution in [0.1, 0.15) is 24.8 Å². The standard InChI is InChI=1S/C17H22N4O.ClH/c18-12-14-3-1-4-16(14)20-17(22)11-13-5-7-15(8-6-13)21-10-2-9-19-21;/h2,5-10,14,16H,1,3-4,11-12,18H2,(H,20,22);1H. The van der Waals surface area contributed by atoms with Crippen molar-refractivity contribution in [3.8, 4) is 5.69 Å². The van der Waals surface area contributed by atoms with Crippen LogP contribution in [0.3, 0.4) is 0 Å². The molecule has 0 bridgehead atoms. The normalized spacial score (nSPS) is 20.0. The fourth-order valence-electron chi connectivity index (χ4n) is 3.14. The minimum atomic E-state index is 0. The Hall–Kier alpha value is -1.85. The molecule has 1 aromatic carbocycles. The molecule has 124 valence electrons. The molecule has 5 nitrogen and oxygen atoms in total. The molecular formula is C17H23ClN4O. The van der Waals surface area contributed by atoms with Gasteiger partial charge in [0.2, 0.25) is 5.91 Å². The van der Waals surface area contributed by atoms with Gasteiger partial charge in [-0.1, -0.05) is 18.6 Å². The Kier molecular flexibility index (Phi) is 6.19. The Labute approximate surface area is 142 Å². The molecule has 0 spiro atoms. The van der Waals surface area contributed by atoms with Crippen molar-refractivity contribution in [2.45, 2.75) is 31.7 Å². The Bertz CT molecular complexity index is 612. The average Bonchev–Trinajstić information content (AvgIpc) is 3.19. The monoisotopic (exact) mass is 334 g/mol.